The Balaban J connectivity index is 1.49. The lowest BCUT2D eigenvalue weighted by Gasteiger charge is -2.30. The normalized spacial score (nSPS) is 13.4. The van der Waals surface area contributed by atoms with E-state index < -0.39 is 5.82 Å². The van der Waals surface area contributed by atoms with Crippen molar-refractivity contribution in [1.29, 1.82) is 0 Å². The third kappa shape index (κ3) is 5.65. The molecule has 1 N–H and O–H groups in total. The maximum absolute atomic E-state index is 13.8. The van der Waals surface area contributed by atoms with Gasteiger partial charge in [-0.05, 0) is 54.1 Å². The van der Waals surface area contributed by atoms with Crippen molar-refractivity contribution in [3.05, 3.63) is 94.1 Å². The van der Waals surface area contributed by atoms with Crippen molar-refractivity contribution in [2.24, 2.45) is 0 Å². The number of methoxy groups -OCH3 is 1. The van der Waals surface area contributed by atoms with Crippen molar-refractivity contribution in [1.82, 2.24) is 15.1 Å². The number of halogens is 2. The van der Waals surface area contributed by atoms with Crippen LogP contribution in [0.25, 0.3) is 16.8 Å². The molecule has 0 aliphatic carbocycles. The Kier molecular flexibility index (Phi) is 7.88. The smallest absolute Gasteiger partial charge is 0.316 e. The summed E-state index contributed by atoms with van der Waals surface area (Å²) >= 11 is 6.03. The summed E-state index contributed by atoms with van der Waals surface area (Å²) in [6.45, 7) is 3.01. The first-order chi connectivity index (χ1) is 18.5. The molecular formula is C28H26ClFN4O4. The van der Waals surface area contributed by atoms with E-state index in [1.165, 1.54) is 23.9 Å². The van der Waals surface area contributed by atoms with Crippen LogP contribution >= 0.6 is 11.6 Å². The van der Waals surface area contributed by atoms with Crippen LogP contribution in [0.5, 0.6) is 17.2 Å². The molecule has 1 fully saturated rings. The van der Waals surface area contributed by atoms with Crippen LogP contribution in [0.2, 0.25) is 5.02 Å². The standard InChI is InChI=1S/C28H26ClFN4O4/c1-36-18-37-26-16-21(30)6-11-24(26)19-2-9-23(10-3-19)38-27-25(33-14-12-31-13-15-33)17-32-34(28(27)35)22-7-4-20(29)5-8-22/h2-11,16-17,31H,12-15,18H2,1H3. The van der Waals surface area contributed by atoms with Gasteiger partial charge in [0.05, 0.1) is 11.9 Å². The van der Waals surface area contributed by atoms with E-state index in [-0.39, 0.29) is 18.1 Å². The monoisotopic (exact) mass is 536 g/mol. The van der Waals surface area contributed by atoms with Crippen molar-refractivity contribution in [3.8, 4) is 34.1 Å². The predicted molar refractivity (Wildman–Crippen MR) is 144 cm³/mol. The number of benzene rings is 3. The van der Waals surface area contributed by atoms with Crippen LogP contribution in [0.4, 0.5) is 10.1 Å². The van der Waals surface area contributed by atoms with Crippen LogP contribution in [-0.2, 0) is 4.74 Å². The second kappa shape index (κ2) is 11.6. The third-order valence-electron chi connectivity index (χ3n) is 6.10. The van der Waals surface area contributed by atoms with Gasteiger partial charge in [0.15, 0.2) is 6.79 Å². The van der Waals surface area contributed by atoms with Gasteiger partial charge in [0.2, 0.25) is 5.75 Å². The molecule has 0 atom stereocenters. The summed E-state index contributed by atoms with van der Waals surface area (Å²) in [7, 11) is 1.50. The number of rotatable bonds is 8. The lowest BCUT2D eigenvalue weighted by molar-refractivity contribution is 0.0513. The van der Waals surface area contributed by atoms with Crippen molar-refractivity contribution < 1.29 is 18.6 Å². The summed E-state index contributed by atoms with van der Waals surface area (Å²) in [6.07, 6.45) is 1.66. The van der Waals surface area contributed by atoms with Gasteiger partial charge in [-0.15, -0.1) is 0 Å². The molecule has 196 valence electrons. The zero-order chi connectivity index (χ0) is 26.5. The zero-order valence-corrected chi connectivity index (χ0v) is 21.5. The van der Waals surface area contributed by atoms with E-state index in [4.69, 9.17) is 25.8 Å². The molecule has 10 heteroatoms. The highest BCUT2D eigenvalue weighted by Crippen LogP contribution is 2.34. The number of hydrogen-bond donors (Lipinski definition) is 1. The van der Waals surface area contributed by atoms with Gasteiger partial charge >= 0.3 is 5.56 Å². The highest BCUT2D eigenvalue weighted by molar-refractivity contribution is 6.30. The van der Waals surface area contributed by atoms with Crippen LogP contribution in [0.15, 0.2) is 77.7 Å². The molecule has 4 aromatic rings. The average molecular weight is 537 g/mol. The van der Waals surface area contributed by atoms with E-state index in [1.54, 1.807) is 48.7 Å². The Morgan fingerprint density at radius 3 is 2.47 bits per heavy atom. The minimum absolute atomic E-state index is 0.00557. The summed E-state index contributed by atoms with van der Waals surface area (Å²) in [4.78, 5) is 15.7. The molecule has 2 heterocycles. The fourth-order valence-corrected chi connectivity index (χ4v) is 4.35. The van der Waals surface area contributed by atoms with Gasteiger partial charge in [0.25, 0.3) is 0 Å². The van der Waals surface area contributed by atoms with Crippen molar-refractivity contribution in [2.45, 2.75) is 0 Å². The largest absolute Gasteiger partial charge is 0.467 e. The molecule has 1 saturated heterocycles. The Hall–Kier alpha value is -3.92. The third-order valence-corrected chi connectivity index (χ3v) is 6.36. The fraction of sp³-hybridized carbons (Fsp3) is 0.214. The van der Waals surface area contributed by atoms with Crippen LogP contribution in [-0.4, -0.2) is 49.9 Å². The molecule has 1 aliphatic heterocycles. The van der Waals surface area contributed by atoms with Crippen molar-refractivity contribution in [3.63, 3.8) is 0 Å². The summed E-state index contributed by atoms with van der Waals surface area (Å²) < 4.78 is 31.8. The Bertz CT molecular complexity index is 1460. The van der Waals surface area contributed by atoms with Gasteiger partial charge in [-0.1, -0.05) is 23.7 Å². The lowest BCUT2D eigenvalue weighted by atomic mass is 10.0. The number of hydrogen-bond acceptors (Lipinski definition) is 7. The molecule has 1 aliphatic rings. The highest BCUT2D eigenvalue weighted by Gasteiger charge is 2.21. The van der Waals surface area contributed by atoms with Gasteiger partial charge in [-0.3, -0.25) is 4.79 Å². The summed E-state index contributed by atoms with van der Waals surface area (Å²) in [5.74, 6) is 0.601. The Morgan fingerprint density at radius 2 is 1.76 bits per heavy atom. The summed E-state index contributed by atoms with van der Waals surface area (Å²) in [5, 5.41) is 8.29. The van der Waals surface area contributed by atoms with Gasteiger partial charge in [0, 0.05) is 49.9 Å². The lowest BCUT2D eigenvalue weighted by Crippen LogP contribution is -2.44. The second-order valence-corrected chi connectivity index (χ2v) is 9.04. The van der Waals surface area contributed by atoms with Crippen molar-refractivity contribution >= 4 is 17.3 Å². The van der Waals surface area contributed by atoms with Gasteiger partial charge in [0.1, 0.15) is 23.0 Å². The Labute approximate surface area is 224 Å². The molecular weight excluding hydrogens is 511 g/mol. The zero-order valence-electron chi connectivity index (χ0n) is 20.7. The maximum atomic E-state index is 13.8. The van der Waals surface area contributed by atoms with E-state index in [1.807, 2.05) is 12.1 Å². The second-order valence-electron chi connectivity index (χ2n) is 8.61. The van der Waals surface area contributed by atoms with E-state index in [9.17, 15) is 9.18 Å². The number of ether oxygens (including phenoxy) is 3. The number of nitrogens with one attached hydrogen (secondary N) is 1. The van der Waals surface area contributed by atoms with Gasteiger partial charge < -0.3 is 24.4 Å². The molecule has 0 radical (unpaired) electrons. The van der Waals surface area contributed by atoms with Crippen LogP contribution in [0.1, 0.15) is 0 Å². The number of nitrogens with zero attached hydrogens (tertiary/aromatic N) is 3. The number of anilines is 1. The molecule has 0 spiro atoms. The van der Waals surface area contributed by atoms with E-state index >= 15 is 0 Å². The molecule has 0 saturated carbocycles. The SMILES string of the molecule is COCOc1cc(F)ccc1-c1ccc(Oc2c(N3CCNCC3)cnn(-c3ccc(Cl)cc3)c2=O)cc1. The molecule has 3 aromatic carbocycles. The topological polar surface area (TPSA) is 77.8 Å². The quantitative estimate of drug-likeness (QED) is 0.322. The maximum Gasteiger partial charge on any atom is 0.316 e. The predicted octanol–water partition coefficient (Wildman–Crippen LogP) is 4.88. The Morgan fingerprint density at radius 1 is 1.03 bits per heavy atom. The first-order valence-corrected chi connectivity index (χ1v) is 12.4. The van der Waals surface area contributed by atoms with E-state index in [0.717, 1.165) is 31.7 Å². The van der Waals surface area contributed by atoms with Crippen LogP contribution in [0.3, 0.4) is 0 Å². The first-order valence-electron chi connectivity index (χ1n) is 12.1. The highest BCUT2D eigenvalue weighted by atomic mass is 35.5. The van der Waals surface area contributed by atoms with Crippen LogP contribution < -0.4 is 25.2 Å². The van der Waals surface area contributed by atoms with Gasteiger partial charge in [-0.25, -0.2) is 4.39 Å². The first kappa shape index (κ1) is 25.7. The molecule has 0 amide bonds. The average Bonchev–Trinajstić information content (AvgIpc) is 2.94. The number of piperazine rings is 1. The summed E-state index contributed by atoms with van der Waals surface area (Å²) in [6, 6.07) is 18.4. The van der Waals surface area contributed by atoms with Crippen molar-refractivity contribution in [2.75, 3.05) is 45.0 Å². The van der Waals surface area contributed by atoms with Crippen LogP contribution in [0, 0.1) is 5.82 Å². The molecule has 5 rings (SSSR count). The molecule has 1 aromatic heterocycles. The summed E-state index contributed by atoms with van der Waals surface area (Å²) in [5.41, 5.74) is 2.30. The number of aromatic nitrogens is 2. The van der Waals surface area contributed by atoms with E-state index in [2.05, 4.69) is 15.3 Å². The molecule has 38 heavy (non-hydrogen) atoms. The fourth-order valence-electron chi connectivity index (χ4n) is 4.22. The molecule has 0 unspecified atom stereocenters. The minimum Gasteiger partial charge on any atom is -0.467 e. The molecule has 0 bridgehead atoms. The molecule has 8 nitrogen and oxygen atoms in total. The minimum atomic E-state index is -0.407. The van der Waals surface area contributed by atoms with E-state index in [0.29, 0.717) is 33.5 Å². The van der Waals surface area contributed by atoms with Gasteiger partial charge in [-0.2, -0.15) is 9.78 Å².